The van der Waals surface area contributed by atoms with Gasteiger partial charge < -0.3 is 0 Å². The van der Waals surface area contributed by atoms with Gasteiger partial charge in [0, 0.05) is 12.4 Å². The number of rotatable bonds is 2. The van der Waals surface area contributed by atoms with Gasteiger partial charge in [-0.25, -0.2) is 0 Å². The van der Waals surface area contributed by atoms with E-state index in [9.17, 15) is 13.2 Å². The van der Waals surface area contributed by atoms with Gasteiger partial charge in [0.1, 0.15) is 0 Å². The molecule has 1 rings (SSSR count). The van der Waals surface area contributed by atoms with Crippen molar-refractivity contribution in [3.05, 3.63) is 18.5 Å². The monoisotopic (exact) mass is 189 g/mol. The van der Waals surface area contributed by atoms with E-state index >= 15 is 0 Å². The van der Waals surface area contributed by atoms with E-state index < -0.39 is 18.6 Å². The summed E-state index contributed by atoms with van der Waals surface area (Å²) in [5.74, 6) is -1.99. The van der Waals surface area contributed by atoms with Crippen molar-refractivity contribution in [1.82, 2.24) is 9.78 Å². The second kappa shape index (κ2) is 3.47. The molecule has 1 unspecified atom stereocenters. The second-order valence-electron chi connectivity index (χ2n) is 2.45. The topological polar surface area (TPSA) is 41.6 Å². The molecule has 1 atom stereocenters. The van der Waals surface area contributed by atoms with Crippen LogP contribution in [0.2, 0.25) is 0 Å². The van der Waals surface area contributed by atoms with Crippen LogP contribution in [0.5, 0.6) is 0 Å². The Morgan fingerprint density at radius 1 is 1.54 bits per heavy atom. The van der Waals surface area contributed by atoms with Crippen LogP contribution in [0, 0.1) is 17.2 Å². The number of nitrogens with zero attached hydrogens (tertiary/aromatic N) is 3. The first-order valence-corrected chi connectivity index (χ1v) is 3.48. The molecule has 70 valence electrons. The predicted octanol–water partition coefficient (Wildman–Crippen LogP) is 1.59. The highest BCUT2D eigenvalue weighted by Gasteiger charge is 2.40. The van der Waals surface area contributed by atoms with Crippen LogP contribution in [0.4, 0.5) is 13.2 Å². The quantitative estimate of drug-likeness (QED) is 0.708. The lowest BCUT2D eigenvalue weighted by molar-refractivity contribution is -0.162. The van der Waals surface area contributed by atoms with Crippen molar-refractivity contribution >= 4 is 0 Å². The Hall–Kier alpha value is -1.51. The van der Waals surface area contributed by atoms with Crippen molar-refractivity contribution in [1.29, 1.82) is 5.26 Å². The molecule has 0 N–H and O–H groups in total. The van der Waals surface area contributed by atoms with Gasteiger partial charge in [0.15, 0.2) is 5.92 Å². The van der Waals surface area contributed by atoms with E-state index in [0.717, 1.165) is 4.68 Å². The Kier molecular flexibility index (Phi) is 2.56. The van der Waals surface area contributed by atoms with E-state index in [1.807, 2.05) is 0 Å². The predicted molar refractivity (Wildman–Crippen MR) is 37.4 cm³/mol. The molecule has 0 aromatic carbocycles. The normalized spacial score (nSPS) is 13.7. The fourth-order valence-corrected chi connectivity index (χ4v) is 0.813. The van der Waals surface area contributed by atoms with E-state index in [2.05, 4.69) is 5.10 Å². The van der Waals surface area contributed by atoms with Gasteiger partial charge in [-0.1, -0.05) is 0 Å². The molecule has 6 heteroatoms. The molecule has 0 saturated heterocycles. The van der Waals surface area contributed by atoms with Gasteiger partial charge in [0.25, 0.3) is 0 Å². The maximum Gasteiger partial charge on any atom is 0.406 e. The van der Waals surface area contributed by atoms with Crippen LogP contribution in [0.1, 0.15) is 0 Å². The Labute approximate surface area is 72.4 Å². The average molecular weight is 189 g/mol. The second-order valence-corrected chi connectivity index (χ2v) is 2.45. The van der Waals surface area contributed by atoms with Gasteiger partial charge in [-0.2, -0.15) is 23.5 Å². The summed E-state index contributed by atoms with van der Waals surface area (Å²) in [5.41, 5.74) is 0. The van der Waals surface area contributed by atoms with Gasteiger partial charge in [-0.3, -0.25) is 4.68 Å². The van der Waals surface area contributed by atoms with Crippen molar-refractivity contribution in [2.45, 2.75) is 12.7 Å². The molecule has 3 nitrogen and oxygen atoms in total. The molecule has 1 heterocycles. The fraction of sp³-hybridized carbons (Fsp3) is 0.429. The molecule has 0 bridgehead atoms. The van der Waals surface area contributed by atoms with Gasteiger partial charge in [-0.05, 0) is 6.07 Å². The van der Waals surface area contributed by atoms with Crippen molar-refractivity contribution in [2.24, 2.45) is 5.92 Å². The van der Waals surface area contributed by atoms with Gasteiger partial charge in [0.05, 0.1) is 12.6 Å². The van der Waals surface area contributed by atoms with Gasteiger partial charge in [-0.15, -0.1) is 0 Å². The van der Waals surface area contributed by atoms with E-state index in [1.165, 1.54) is 24.5 Å². The molecule has 0 aliphatic carbocycles. The summed E-state index contributed by atoms with van der Waals surface area (Å²) >= 11 is 0. The molecular formula is C7H6F3N3. The summed E-state index contributed by atoms with van der Waals surface area (Å²) in [7, 11) is 0. The molecule has 0 aliphatic rings. The molecule has 13 heavy (non-hydrogen) atoms. The molecule has 0 aliphatic heterocycles. The lowest BCUT2D eigenvalue weighted by Gasteiger charge is -2.12. The van der Waals surface area contributed by atoms with Crippen molar-refractivity contribution in [3.8, 4) is 6.07 Å². The van der Waals surface area contributed by atoms with E-state index in [0.29, 0.717) is 0 Å². The van der Waals surface area contributed by atoms with Crippen LogP contribution in [0.15, 0.2) is 18.5 Å². The largest absolute Gasteiger partial charge is 0.406 e. The van der Waals surface area contributed by atoms with Crippen molar-refractivity contribution < 1.29 is 13.2 Å². The van der Waals surface area contributed by atoms with Gasteiger partial charge >= 0.3 is 6.18 Å². The molecule has 0 spiro atoms. The fourth-order valence-electron chi connectivity index (χ4n) is 0.813. The number of alkyl halides is 3. The van der Waals surface area contributed by atoms with Crippen LogP contribution in [0.25, 0.3) is 0 Å². The smallest absolute Gasteiger partial charge is 0.271 e. The third kappa shape index (κ3) is 2.47. The highest BCUT2D eigenvalue weighted by molar-refractivity contribution is 4.89. The Balaban J connectivity index is 2.67. The molecule has 0 radical (unpaired) electrons. The zero-order chi connectivity index (χ0) is 9.90. The summed E-state index contributed by atoms with van der Waals surface area (Å²) in [6.45, 7) is -0.451. The summed E-state index contributed by atoms with van der Waals surface area (Å²) in [6, 6.07) is 2.70. The van der Waals surface area contributed by atoms with Crippen LogP contribution in [-0.2, 0) is 6.54 Å². The molecule has 1 aromatic heterocycles. The van der Waals surface area contributed by atoms with Crippen LogP contribution in [-0.4, -0.2) is 16.0 Å². The highest BCUT2D eigenvalue weighted by Crippen LogP contribution is 2.26. The SMILES string of the molecule is N#CC(Cn1cccn1)C(F)(F)F. The number of halogens is 3. The summed E-state index contributed by atoms with van der Waals surface area (Å²) in [6.07, 6.45) is -1.73. The first-order valence-electron chi connectivity index (χ1n) is 3.48. The molecule has 1 aromatic rings. The first kappa shape index (κ1) is 9.58. The summed E-state index contributed by atoms with van der Waals surface area (Å²) in [5, 5.41) is 11.8. The Bertz CT molecular complexity index is 296. The minimum Gasteiger partial charge on any atom is -0.271 e. The van der Waals surface area contributed by atoms with E-state index in [1.54, 1.807) is 0 Å². The van der Waals surface area contributed by atoms with Crippen molar-refractivity contribution in [3.63, 3.8) is 0 Å². The molecular weight excluding hydrogens is 183 g/mol. The van der Waals surface area contributed by atoms with Crippen molar-refractivity contribution in [2.75, 3.05) is 0 Å². The minimum absolute atomic E-state index is 0.451. The van der Waals surface area contributed by atoms with Crippen LogP contribution < -0.4 is 0 Å². The third-order valence-corrected chi connectivity index (χ3v) is 1.48. The minimum atomic E-state index is -4.49. The number of hydrogen-bond donors (Lipinski definition) is 0. The van der Waals surface area contributed by atoms with E-state index in [-0.39, 0.29) is 0 Å². The Morgan fingerprint density at radius 3 is 2.62 bits per heavy atom. The summed E-state index contributed by atoms with van der Waals surface area (Å²) in [4.78, 5) is 0. The maximum absolute atomic E-state index is 12.0. The average Bonchev–Trinajstić information content (AvgIpc) is 2.49. The third-order valence-electron chi connectivity index (χ3n) is 1.48. The lowest BCUT2D eigenvalue weighted by Crippen LogP contribution is -2.26. The molecule has 0 amide bonds. The Morgan fingerprint density at radius 2 is 2.23 bits per heavy atom. The molecule has 0 saturated carbocycles. The van der Waals surface area contributed by atoms with Crippen LogP contribution in [0.3, 0.4) is 0 Å². The number of aromatic nitrogens is 2. The van der Waals surface area contributed by atoms with E-state index in [4.69, 9.17) is 5.26 Å². The number of hydrogen-bond acceptors (Lipinski definition) is 2. The summed E-state index contributed by atoms with van der Waals surface area (Å²) < 4.78 is 37.2. The zero-order valence-corrected chi connectivity index (χ0v) is 6.49. The highest BCUT2D eigenvalue weighted by atomic mass is 19.4. The number of nitriles is 1. The maximum atomic E-state index is 12.0. The standard InChI is InChI=1S/C7H6F3N3/c8-7(9,10)6(4-11)5-13-3-1-2-12-13/h1-3,6H,5H2. The lowest BCUT2D eigenvalue weighted by atomic mass is 10.1. The van der Waals surface area contributed by atoms with Crippen LogP contribution >= 0.6 is 0 Å². The molecule has 0 fully saturated rings. The van der Waals surface area contributed by atoms with Gasteiger partial charge in [0.2, 0.25) is 0 Å². The first-order chi connectivity index (χ1) is 6.04. The zero-order valence-electron chi connectivity index (χ0n) is 6.49.